The van der Waals surface area contributed by atoms with Crippen molar-refractivity contribution < 1.29 is 9.59 Å². The molecular weight excluding hydrogens is 442 g/mol. The maximum absolute atomic E-state index is 12.3. The van der Waals surface area contributed by atoms with Crippen molar-refractivity contribution in [1.82, 2.24) is 15.5 Å². The standard InChI is InChI=1S/C24H28ClN5O3/c1-15(13-22(32)28-20-9-8-17(25)14-16(20)2)12-21(31)26-10-5-11-27-23-18-6-3-4-7-19(18)24(33)30-29-23/h3-4,6-9,14-15H,5,10-13H2,1-2H3,(H,26,31)(H,27,29)(H,28,32)(H,30,33). The molecule has 0 aliphatic rings. The van der Waals surface area contributed by atoms with Gasteiger partial charge in [0, 0.05) is 42.0 Å². The van der Waals surface area contributed by atoms with Gasteiger partial charge in [-0.3, -0.25) is 14.4 Å². The molecule has 33 heavy (non-hydrogen) atoms. The smallest absolute Gasteiger partial charge is 0.272 e. The number of H-pyrrole nitrogens is 1. The van der Waals surface area contributed by atoms with Crippen LogP contribution < -0.4 is 21.5 Å². The van der Waals surface area contributed by atoms with Gasteiger partial charge in [0.1, 0.15) is 0 Å². The zero-order valence-electron chi connectivity index (χ0n) is 18.7. The van der Waals surface area contributed by atoms with Crippen molar-refractivity contribution in [3.63, 3.8) is 0 Å². The van der Waals surface area contributed by atoms with Crippen LogP contribution in [0.5, 0.6) is 0 Å². The lowest BCUT2D eigenvalue weighted by molar-refractivity contribution is -0.122. The van der Waals surface area contributed by atoms with E-state index in [0.717, 1.165) is 16.6 Å². The second-order valence-electron chi connectivity index (χ2n) is 8.10. The Hall–Kier alpha value is -3.39. The number of benzene rings is 2. The summed E-state index contributed by atoms with van der Waals surface area (Å²) in [6.45, 7) is 4.84. The molecule has 0 bridgehead atoms. The first-order valence-electron chi connectivity index (χ1n) is 10.9. The van der Waals surface area contributed by atoms with Gasteiger partial charge in [-0.25, -0.2) is 5.10 Å². The van der Waals surface area contributed by atoms with E-state index < -0.39 is 0 Å². The normalized spacial score (nSPS) is 11.7. The Labute approximate surface area is 197 Å². The molecular formula is C24H28ClN5O3. The van der Waals surface area contributed by atoms with Gasteiger partial charge in [-0.1, -0.05) is 36.7 Å². The summed E-state index contributed by atoms with van der Waals surface area (Å²) in [4.78, 5) is 36.3. The third-order valence-corrected chi connectivity index (χ3v) is 5.43. The highest BCUT2D eigenvalue weighted by Crippen LogP contribution is 2.20. The van der Waals surface area contributed by atoms with Crippen molar-refractivity contribution in [2.24, 2.45) is 5.92 Å². The number of hydrogen-bond acceptors (Lipinski definition) is 5. The van der Waals surface area contributed by atoms with Crippen molar-refractivity contribution >= 4 is 45.7 Å². The summed E-state index contributed by atoms with van der Waals surface area (Å²) in [5.41, 5.74) is 1.38. The molecule has 3 rings (SSSR count). The number of aryl methyl sites for hydroxylation is 1. The van der Waals surface area contributed by atoms with E-state index in [0.29, 0.717) is 35.7 Å². The van der Waals surface area contributed by atoms with Crippen molar-refractivity contribution in [3.8, 4) is 0 Å². The highest BCUT2D eigenvalue weighted by atomic mass is 35.5. The number of amides is 2. The molecule has 0 saturated carbocycles. The minimum Gasteiger partial charge on any atom is -0.368 e. The van der Waals surface area contributed by atoms with E-state index in [1.54, 1.807) is 30.3 Å². The lowest BCUT2D eigenvalue weighted by Gasteiger charge is -2.13. The number of halogens is 1. The number of aromatic nitrogens is 2. The Morgan fingerprint density at radius 1 is 1.06 bits per heavy atom. The van der Waals surface area contributed by atoms with Gasteiger partial charge < -0.3 is 16.0 Å². The fourth-order valence-corrected chi connectivity index (χ4v) is 3.75. The van der Waals surface area contributed by atoms with Crippen molar-refractivity contribution in [2.45, 2.75) is 33.1 Å². The summed E-state index contributed by atoms with van der Waals surface area (Å²) in [5, 5.41) is 17.4. The number of carbonyl (C=O) groups excluding carboxylic acids is 2. The minimum absolute atomic E-state index is 0.0903. The third-order valence-electron chi connectivity index (χ3n) is 5.19. The van der Waals surface area contributed by atoms with E-state index in [4.69, 9.17) is 11.6 Å². The van der Waals surface area contributed by atoms with Gasteiger partial charge in [-0.2, -0.15) is 5.10 Å². The lowest BCUT2D eigenvalue weighted by Crippen LogP contribution is -2.28. The maximum atomic E-state index is 12.3. The number of carbonyl (C=O) groups is 2. The number of hydrogen-bond donors (Lipinski definition) is 4. The van der Waals surface area contributed by atoms with Crippen LogP contribution in [0.1, 0.15) is 31.7 Å². The molecule has 0 aliphatic heterocycles. The molecule has 0 aliphatic carbocycles. The summed E-state index contributed by atoms with van der Waals surface area (Å²) < 4.78 is 0. The second-order valence-corrected chi connectivity index (χ2v) is 8.53. The monoisotopic (exact) mass is 469 g/mol. The van der Waals surface area contributed by atoms with Crippen molar-refractivity contribution in [3.05, 3.63) is 63.4 Å². The summed E-state index contributed by atoms with van der Waals surface area (Å²) >= 11 is 5.94. The highest BCUT2D eigenvalue weighted by molar-refractivity contribution is 6.30. The van der Waals surface area contributed by atoms with Gasteiger partial charge >= 0.3 is 0 Å². The number of rotatable bonds is 10. The Bertz CT molecular complexity index is 1190. The summed E-state index contributed by atoms with van der Waals surface area (Å²) in [6, 6.07) is 12.5. The Morgan fingerprint density at radius 3 is 2.55 bits per heavy atom. The largest absolute Gasteiger partial charge is 0.368 e. The number of fused-ring (bicyclic) bond motifs is 1. The van der Waals surface area contributed by atoms with Crippen LogP contribution in [0.3, 0.4) is 0 Å². The topological polar surface area (TPSA) is 116 Å². The molecule has 3 aromatic rings. The number of nitrogens with zero attached hydrogens (tertiary/aromatic N) is 1. The summed E-state index contributed by atoms with van der Waals surface area (Å²) in [5.74, 6) is 0.288. The van der Waals surface area contributed by atoms with Gasteiger partial charge in [0.05, 0.1) is 5.39 Å². The van der Waals surface area contributed by atoms with Crippen LogP contribution in [0.2, 0.25) is 5.02 Å². The minimum atomic E-state index is -0.227. The van der Waals surface area contributed by atoms with Crippen LogP contribution >= 0.6 is 11.6 Å². The van der Waals surface area contributed by atoms with E-state index >= 15 is 0 Å². The molecule has 1 unspecified atom stereocenters. The molecule has 8 nitrogen and oxygen atoms in total. The van der Waals surface area contributed by atoms with Crippen molar-refractivity contribution in [2.75, 3.05) is 23.7 Å². The van der Waals surface area contributed by atoms with Crippen LogP contribution in [0.4, 0.5) is 11.5 Å². The van der Waals surface area contributed by atoms with E-state index in [1.165, 1.54) is 0 Å². The zero-order chi connectivity index (χ0) is 23.8. The van der Waals surface area contributed by atoms with Gasteiger partial charge in [-0.05, 0) is 49.1 Å². The SMILES string of the molecule is Cc1cc(Cl)ccc1NC(=O)CC(C)CC(=O)NCCCNc1n[nH]c(=O)c2ccccc12. The molecule has 1 atom stereocenters. The van der Waals surface area contributed by atoms with Crippen LogP contribution in [0.25, 0.3) is 10.8 Å². The average Bonchev–Trinajstić information content (AvgIpc) is 2.77. The summed E-state index contributed by atoms with van der Waals surface area (Å²) in [7, 11) is 0. The Kier molecular flexibility index (Phi) is 8.43. The first kappa shape index (κ1) is 24.3. The van der Waals surface area contributed by atoms with Gasteiger partial charge in [0.2, 0.25) is 11.8 Å². The summed E-state index contributed by atoms with van der Waals surface area (Å²) in [6.07, 6.45) is 1.21. The number of nitrogens with one attached hydrogen (secondary N) is 4. The van der Waals surface area contributed by atoms with Crippen LogP contribution in [0.15, 0.2) is 47.3 Å². The predicted molar refractivity (Wildman–Crippen MR) is 132 cm³/mol. The molecule has 4 N–H and O–H groups in total. The molecule has 1 heterocycles. The molecule has 9 heteroatoms. The first-order valence-corrected chi connectivity index (χ1v) is 11.2. The maximum Gasteiger partial charge on any atom is 0.272 e. The van der Waals surface area contributed by atoms with Crippen molar-refractivity contribution in [1.29, 1.82) is 0 Å². The van der Waals surface area contributed by atoms with E-state index in [1.807, 2.05) is 26.0 Å². The molecule has 2 aromatic carbocycles. The number of aromatic amines is 1. The molecule has 0 saturated heterocycles. The fourth-order valence-electron chi connectivity index (χ4n) is 3.52. The van der Waals surface area contributed by atoms with Gasteiger partial charge in [-0.15, -0.1) is 0 Å². The average molecular weight is 470 g/mol. The molecule has 2 amide bonds. The quantitative estimate of drug-likeness (QED) is 0.336. The van der Waals surface area contributed by atoms with Crippen LogP contribution in [-0.4, -0.2) is 35.1 Å². The highest BCUT2D eigenvalue weighted by Gasteiger charge is 2.14. The molecule has 0 radical (unpaired) electrons. The number of anilines is 2. The van der Waals surface area contributed by atoms with E-state index in [2.05, 4.69) is 26.1 Å². The van der Waals surface area contributed by atoms with Gasteiger partial charge in [0.25, 0.3) is 5.56 Å². The first-order chi connectivity index (χ1) is 15.8. The molecule has 1 aromatic heterocycles. The van der Waals surface area contributed by atoms with Gasteiger partial charge in [0.15, 0.2) is 5.82 Å². The zero-order valence-corrected chi connectivity index (χ0v) is 19.5. The second kappa shape index (κ2) is 11.5. The van der Waals surface area contributed by atoms with Crippen LogP contribution in [0, 0.1) is 12.8 Å². The Morgan fingerprint density at radius 2 is 1.79 bits per heavy atom. The fraction of sp³-hybridized carbons (Fsp3) is 0.333. The molecule has 0 fully saturated rings. The third kappa shape index (κ3) is 7.05. The van der Waals surface area contributed by atoms with E-state index in [-0.39, 0.29) is 36.1 Å². The van der Waals surface area contributed by atoms with E-state index in [9.17, 15) is 14.4 Å². The predicted octanol–water partition coefficient (Wildman–Crippen LogP) is 3.86. The lowest BCUT2D eigenvalue weighted by atomic mass is 10.0. The molecule has 174 valence electrons. The Balaban J connectivity index is 1.36. The molecule has 0 spiro atoms. The van der Waals surface area contributed by atoms with Crippen LogP contribution in [-0.2, 0) is 9.59 Å².